The van der Waals surface area contributed by atoms with E-state index in [1.807, 2.05) is 0 Å². The molecule has 0 saturated heterocycles. The summed E-state index contributed by atoms with van der Waals surface area (Å²) in [5.74, 6) is -1.09. The number of amides is 1. The standard InChI is InChI=1S/C14H12ClFN2O2S/c15-9-1-6-13(12(17)7-9)21(20)8-14(19)18-11-4-2-10(16)3-5-11/h1-7H,8,17H2,(H,18,19). The number of benzene rings is 2. The van der Waals surface area contributed by atoms with Gasteiger partial charge in [-0.3, -0.25) is 9.00 Å². The molecule has 0 aliphatic heterocycles. The molecule has 2 rings (SSSR count). The molecule has 1 atom stereocenters. The Morgan fingerprint density at radius 2 is 1.90 bits per heavy atom. The van der Waals surface area contributed by atoms with Gasteiger partial charge in [0.25, 0.3) is 0 Å². The van der Waals surface area contributed by atoms with Gasteiger partial charge in [-0.1, -0.05) is 11.6 Å². The van der Waals surface area contributed by atoms with E-state index in [2.05, 4.69) is 5.32 Å². The zero-order valence-electron chi connectivity index (χ0n) is 10.8. The highest BCUT2D eigenvalue weighted by Crippen LogP contribution is 2.21. The maximum atomic E-state index is 12.7. The third kappa shape index (κ3) is 4.27. The van der Waals surface area contributed by atoms with E-state index < -0.39 is 22.5 Å². The third-order valence-corrected chi connectivity index (χ3v) is 4.23. The summed E-state index contributed by atoms with van der Waals surface area (Å²) < 4.78 is 24.8. The SMILES string of the molecule is Nc1cc(Cl)ccc1S(=O)CC(=O)Nc1ccc(F)cc1. The second-order valence-corrected chi connectivity index (χ2v) is 6.08. The monoisotopic (exact) mass is 326 g/mol. The minimum atomic E-state index is -1.58. The van der Waals surface area contributed by atoms with Gasteiger partial charge in [0, 0.05) is 16.4 Å². The van der Waals surface area contributed by atoms with Crippen LogP contribution in [0.3, 0.4) is 0 Å². The molecule has 110 valence electrons. The topological polar surface area (TPSA) is 72.2 Å². The summed E-state index contributed by atoms with van der Waals surface area (Å²) in [5.41, 5.74) is 6.42. The highest BCUT2D eigenvalue weighted by Gasteiger charge is 2.13. The van der Waals surface area contributed by atoms with Crippen LogP contribution in [0.1, 0.15) is 0 Å². The van der Waals surface area contributed by atoms with Crippen molar-refractivity contribution in [1.82, 2.24) is 0 Å². The van der Waals surface area contributed by atoms with E-state index in [4.69, 9.17) is 17.3 Å². The molecule has 1 unspecified atom stereocenters. The molecule has 0 bridgehead atoms. The van der Waals surface area contributed by atoms with Gasteiger partial charge in [-0.05, 0) is 42.5 Å². The van der Waals surface area contributed by atoms with Crippen LogP contribution in [0.25, 0.3) is 0 Å². The van der Waals surface area contributed by atoms with E-state index >= 15 is 0 Å². The molecular weight excluding hydrogens is 315 g/mol. The Morgan fingerprint density at radius 1 is 1.24 bits per heavy atom. The van der Waals surface area contributed by atoms with Crippen molar-refractivity contribution in [2.24, 2.45) is 0 Å². The van der Waals surface area contributed by atoms with Gasteiger partial charge in [0.05, 0.1) is 15.7 Å². The van der Waals surface area contributed by atoms with Gasteiger partial charge < -0.3 is 11.1 Å². The van der Waals surface area contributed by atoms with Crippen molar-refractivity contribution in [1.29, 1.82) is 0 Å². The molecule has 0 aliphatic carbocycles. The van der Waals surface area contributed by atoms with E-state index in [0.29, 0.717) is 15.6 Å². The van der Waals surface area contributed by atoms with Crippen LogP contribution < -0.4 is 11.1 Å². The van der Waals surface area contributed by atoms with E-state index in [0.717, 1.165) is 0 Å². The summed E-state index contributed by atoms with van der Waals surface area (Å²) in [5, 5.41) is 2.97. The average Bonchev–Trinajstić information content (AvgIpc) is 2.41. The Kier molecular flexibility index (Phi) is 4.93. The number of carbonyl (C=O) groups excluding carboxylic acids is 1. The summed E-state index contributed by atoms with van der Waals surface area (Å²) >= 11 is 5.76. The summed E-state index contributed by atoms with van der Waals surface area (Å²) in [6.07, 6.45) is 0. The fraction of sp³-hybridized carbons (Fsp3) is 0.0714. The molecule has 1 amide bonds. The van der Waals surface area contributed by atoms with Crippen LogP contribution in [-0.4, -0.2) is 15.9 Å². The highest BCUT2D eigenvalue weighted by atomic mass is 35.5. The fourth-order valence-electron chi connectivity index (χ4n) is 1.65. The molecule has 2 aromatic carbocycles. The normalized spacial score (nSPS) is 11.9. The van der Waals surface area contributed by atoms with Crippen molar-refractivity contribution in [2.45, 2.75) is 4.90 Å². The highest BCUT2D eigenvalue weighted by molar-refractivity contribution is 7.86. The lowest BCUT2D eigenvalue weighted by atomic mass is 10.3. The van der Waals surface area contributed by atoms with Crippen LogP contribution in [0, 0.1) is 5.82 Å². The van der Waals surface area contributed by atoms with Crippen molar-refractivity contribution in [3.05, 3.63) is 53.3 Å². The Labute approximate surface area is 128 Å². The largest absolute Gasteiger partial charge is 0.398 e. The van der Waals surface area contributed by atoms with Gasteiger partial charge in [-0.2, -0.15) is 0 Å². The first-order chi connectivity index (χ1) is 9.95. The smallest absolute Gasteiger partial charge is 0.237 e. The summed E-state index contributed by atoms with van der Waals surface area (Å²) in [4.78, 5) is 12.1. The molecule has 0 saturated carbocycles. The first-order valence-corrected chi connectivity index (χ1v) is 7.64. The van der Waals surface area contributed by atoms with E-state index in [1.165, 1.54) is 36.4 Å². The first-order valence-electron chi connectivity index (χ1n) is 5.94. The van der Waals surface area contributed by atoms with Gasteiger partial charge in [0.1, 0.15) is 11.6 Å². The lowest BCUT2D eigenvalue weighted by Crippen LogP contribution is -2.20. The quantitative estimate of drug-likeness (QED) is 0.849. The number of hydrogen-bond donors (Lipinski definition) is 2. The predicted octanol–water partition coefficient (Wildman–Crippen LogP) is 2.81. The van der Waals surface area contributed by atoms with E-state index in [1.54, 1.807) is 6.07 Å². The van der Waals surface area contributed by atoms with Crippen molar-refractivity contribution in [3.63, 3.8) is 0 Å². The predicted molar refractivity (Wildman–Crippen MR) is 82.2 cm³/mol. The van der Waals surface area contributed by atoms with Crippen LogP contribution in [0.15, 0.2) is 47.4 Å². The zero-order chi connectivity index (χ0) is 15.4. The molecule has 7 heteroatoms. The molecule has 0 aliphatic rings. The van der Waals surface area contributed by atoms with Crippen molar-refractivity contribution < 1.29 is 13.4 Å². The minimum absolute atomic E-state index is 0.247. The van der Waals surface area contributed by atoms with E-state index in [9.17, 15) is 13.4 Å². The number of anilines is 2. The molecule has 2 aromatic rings. The number of nitrogens with one attached hydrogen (secondary N) is 1. The Bertz CT molecular complexity index is 692. The van der Waals surface area contributed by atoms with Crippen LogP contribution in [0.5, 0.6) is 0 Å². The summed E-state index contributed by atoms with van der Waals surface area (Å²) in [6, 6.07) is 9.86. The second kappa shape index (κ2) is 6.69. The molecule has 3 N–H and O–H groups in total. The zero-order valence-corrected chi connectivity index (χ0v) is 12.4. The average molecular weight is 327 g/mol. The number of nitrogens with two attached hydrogens (primary N) is 1. The number of rotatable bonds is 4. The first kappa shape index (κ1) is 15.5. The fourth-order valence-corrected chi connectivity index (χ4v) is 2.84. The van der Waals surface area contributed by atoms with Crippen LogP contribution in [-0.2, 0) is 15.6 Å². The summed E-state index contributed by atoms with van der Waals surface area (Å²) in [6.45, 7) is 0. The number of carbonyl (C=O) groups is 1. The molecular formula is C14H12ClFN2O2S. The number of halogens is 2. The van der Waals surface area contributed by atoms with Crippen molar-refractivity contribution in [2.75, 3.05) is 16.8 Å². The summed E-state index contributed by atoms with van der Waals surface area (Å²) in [7, 11) is -1.58. The van der Waals surface area contributed by atoms with Gasteiger partial charge in [0.15, 0.2) is 0 Å². The third-order valence-electron chi connectivity index (χ3n) is 2.61. The van der Waals surface area contributed by atoms with Gasteiger partial charge in [-0.15, -0.1) is 0 Å². The Morgan fingerprint density at radius 3 is 2.52 bits per heavy atom. The number of nitrogen functional groups attached to an aromatic ring is 1. The van der Waals surface area contributed by atoms with Crippen molar-refractivity contribution in [3.8, 4) is 0 Å². The van der Waals surface area contributed by atoms with Crippen molar-refractivity contribution >= 4 is 39.7 Å². The number of hydrogen-bond acceptors (Lipinski definition) is 3. The van der Waals surface area contributed by atoms with Crippen LogP contribution in [0.4, 0.5) is 15.8 Å². The molecule has 0 fully saturated rings. The lowest BCUT2D eigenvalue weighted by molar-refractivity contribution is -0.113. The molecule has 21 heavy (non-hydrogen) atoms. The van der Waals surface area contributed by atoms with Gasteiger partial charge in [0.2, 0.25) is 5.91 Å². The Balaban J connectivity index is 2.02. The molecule has 4 nitrogen and oxygen atoms in total. The maximum absolute atomic E-state index is 12.7. The molecule has 0 aromatic heterocycles. The lowest BCUT2D eigenvalue weighted by Gasteiger charge is -2.07. The molecule has 0 spiro atoms. The maximum Gasteiger partial charge on any atom is 0.237 e. The van der Waals surface area contributed by atoms with Gasteiger partial charge in [-0.25, -0.2) is 4.39 Å². The molecule has 0 heterocycles. The minimum Gasteiger partial charge on any atom is -0.398 e. The van der Waals surface area contributed by atoms with Gasteiger partial charge >= 0.3 is 0 Å². The molecule has 0 radical (unpaired) electrons. The Hall–Kier alpha value is -1.92. The second-order valence-electron chi connectivity index (χ2n) is 4.23. The van der Waals surface area contributed by atoms with Crippen LogP contribution >= 0.6 is 11.6 Å². The van der Waals surface area contributed by atoms with E-state index in [-0.39, 0.29) is 11.4 Å². The van der Waals surface area contributed by atoms with Crippen LogP contribution in [0.2, 0.25) is 5.02 Å².